The van der Waals surface area contributed by atoms with E-state index < -0.39 is 0 Å². The van der Waals surface area contributed by atoms with Crippen molar-refractivity contribution in [1.29, 1.82) is 0 Å². The van der Waals surface area contributed by atoms with E-state index in [1.165, 1.54) is 6.07 Å². The van der Waals surface area contributed by atoms with E-state index in [4.69, 9.17) is 0 Å². The summed E-state index contributed by atoms with van der Waals surface area (Å²) in [5.41, 5.74) is 5.07. The van der Waals surface area contributed by atoms with Gasteiger partial charge in [-0.2, -0.15) is 0 Å². The van der Waals surface area contributed by atoms with E-state index in [1.807, 2.05) is 37.5 Å². The number of carbonyl (C=O) groups excluding carboxylic acids is 1. The first-order valence-electron chi connectivity index (χ1n) is 8.55. The number of amides is 1. The van der Waals surface area contributed by atoms with E-state index in [-0.39, 0.29) is 11.7 Å². The molecule has 3 aromatic rings. The van der Waals surface area contributed by atoms with Gasteiger partial charge in [-0.15, -0.1) is 0 Å². The van der Waals surface area contributed by atoms with Crippen LogP contribution in [-0.2, 0) is 13.1 Å². The lowest BCUT2D eigenvalue weighted by atomic mass is 10.1. The fraction of sp³-hybridized carbons (Fsp3) is 0.238. The second-order valence-corrected chi connectivity index (χ2v) is 6.40. The van der Waals surface area contributed by atoms with Gasteiger partial charge < -0.3 is 9.88 Å². The Bertz CT molecular complexity index is 932. The molecule has 5 heteroatoms. The molecule has 2 aromatic heterocycles. The molecule has 0 spiro atoms. The number of hydrogen-bond acceptors (Lipinski definition) is 2. The third-order valence-electron chi connectivity index (χ3n) is 4.84. The summed E-state index contributed by atoms with van der Waals surface area (Å²) in [5.74, 6) is -0.425. The standard InChI is InChI=1S/C21H22FN3O/c1-14-15(2)20(21(26)24-12-17-8-10-23-11-9-17)25(16(14)3)13-18-6-4-5-7-19(18)22/h4-11H,12-13H2,1-3H3,(H,24,26). The minimum absolute atomic E-state index is 0.160. The average molecular weight is 351 g/mol. The van der Waals surface area contributed by atoms with Crippen LogP contribution < -0.4 is 5.32 Å². The zero-order chi connectivity index (χ0) is 18.7. The zero-order valence-electron chi connectivity index (χ0n) is 15.2. The summed E-state index contributed by atoms with van der Waals surface area (Å²) < 4.78 is 16.0. The van der Waals surface area contributed by atoms with Crippen molar-refractivity contribution in [2.75, 3.05) is 0 Å². The molecule has 0 unspecified atom stereocenters. The summed E-state index contributed by atoms with van der Waals surface area (Å²) in [6.45, 7) is 6.63. The van der Waals surface area contributed by atoms with Crippen molar-refractivity contribution in [3.05, 3.63) is 88.3 Å². The van der Waals surface area contributed by atoms with Gasteiger partial charge in [-0.1, -0.05) is 18.2 Å². The fourth-order valence-electron chi connectivity index (χ4n) is 3.08. The van der Waals surface area contributed by atoms with Crippen LogP contribution in [0.4, 0.5) is 4.39 Å². The fourth-order valence-corrected chi connectivity index (χ4v) is 3.08. The quantitative estimate of drug-likeness (QED) is 0.757. The Morgan fingerprint density at radius 2 is 1.77 bits per heavy atom. The molecular weight excluding hydrogens is 329 g/mol. The highest BCUT2D eigenvalue weighted by molar-refractivity contribution is 5.95. The molecule has 1 aromatic carbocycles. The zero-order valence-corrected chi connectivity index (χ0v) is 15.2. The van der Waals surface area contributed by atoms with Crippen molar-refractivity contribution in [1.82, 2.24) is 14.9 Å². The summed E-state index contributed by atoms with van der Waals surface area (Å²) in [5, 5.41) is 2.96. The number of hydrogen-bond donors (Lipinski definition) is 1. The molecule has 0 aliphatic rings. The third-order valence-corrected chi connectivity index (χ3v) is 4.84. The van der Waals surface area contributed by atoms with Crippen LogP contribution >= 0.6 is 0 Å². The number of benzene rings is 1. The van der Waals surface area contributed by atoms with Gasteiger partial charge in [0.05, 0.1) is 6.54 Å². The number of rotatable bonds is 5. The van der Waals surface area contributed by atoms with Crippen LogP contribution in [-0.4, -0.2) is 15.5 Å². The number of carbonyl (C=O) groups is 1. The number of aromatic nitrogens is 2. The Morgan fingerprint density at radius 3 is 2.46 bits per heavy atom. The van der Waals surface area contributed by atoms with Gasteiger partial charge in [0.15, 0.2) is 0 Å². The molecule has 0 saturated carbocycles. The predicted octanol–water partition coefficient (Wildman–Crippen LogP) is 3.93. The molecule has 0 bridgehead atoms. The highest BCUT2D eigenvalue weighted by Crippen LogP contribution is 2.23. The Kier molecular flexibility index (Phi) is 5.16. The molecule has 0 aliphatic carbocycles. The summed E-state index contributed by atoms with van der Waals surface area (Å²) in [4.78, 5) is 16.8. The van der Waals surface area contributed by atoms with E-state index >= 15 is 0 Å². The Labute approximate surface area is 152 Å². The van der Waals surface area contributed by atoms with E-state index in [2.05, 4.69) is 10.3 Å². The topological polar surface area (TPSA) is 46.9 Å². The average Bonchev–Trinajstić information content (AvgIpc) is 2.86. The van der Waals surface area contributed by atoms with Crippen LogP contribution in [0, 0.1) is 26.6 Å². The lowest BCUT2D eigenvalue weighted by molar-refractivity contribution is 0.0941. The van der Waals surface area contributed by atoms with Crippen molar-refractivity contribution < 1.29 is 9.18 Å². The molecule has 4 nitrogen and oxygen atoms in total. The Hall–Kier alpha value is -2.95. The van der Waals surface area contributed by atoms with Crippen LogP contribution in [0.15, 0.2) is 48.8 Å². The monoisotopic (exact) mass is 351 g/mol. The molecular formula is C21H22FN3O. The normalized spacial score (nSPS) is 10.8. The van der Waals surface area contributed by atoms with Crippen LogP contribution in [0.5, 0.6) is 0 Å². The van der Waals surface area contributed by atoms with Crippen LogP contribution in [0.3, 0.4) is 0 Å². The molecule has 0 saturated heterocycles. The van der Waals surface area contributed by atoms with Crippen LogP contribution in [0.25, 0.3) is 0 Å². The molecule has 1 N–H and O–H groups in total. The van der Waals surface area contributed by atoms with E-state index in [0.717, 1.165) is 22.4 Å². The Balaban J connectivity index is 1.90. The highest BCUT2D eigenvalue weighted by atomic mass is 19.1. The smallest absolute Gasteiger partial charge is 0.268 e. The van der Waals surface area contributed by atoms with Crippen molar-refractivity contribution in [2.45, 2.75) is 33.9 Å². The maximum Gasteiger partial charge on any atom is 0.268 e. The van der Waals surface area contributed by atoms with Gasteiger partial charge in [0, 0.05) is 30.2 Å². The van der Waals surface area contributed by atoms with Crippen molar-refractivity contribution >= 4 is 5.91 Å². The summed E-state index contributed by atoms with van der Waals surface area (Å²) >= 11 is 0. The molecule has 0 atom stereocenters. The number of halogens is 1. The van der Waals surface area contributed by atoms with Crippen molar-refractivity contribution in [3.63, 3.8) is 0 Å². The molecule has 0 fully saturated rings. The SMILES string of the molecule is Cc1c(C)c(C(=O)NCc2ccncc2)n(Cc2ccccc2F)c1C. The molecule has 0 aliphatic heterocycles. The van der Waals surface area contributed by atoms with E-state index in [1.54, 1.807) is 30.6 Å². The van der Waals surface area contributed by atoms with Gasteiger partial charge >= 0.3 is 0 Å². The number of pyridine rings is 1. The molecule has 26 heavy (non-hydrogen) atoms. The van der Waals surface area contributed by atoms with Crippen molar-refractivity contribution in [2.24, 2.45) is 0 Å². The van der Waals surface area contributed by atoms with Crippen molar-refractivity contribution in [3.8, 4) is 0 Å². The molecule has 3 rings (SSSR count). The lowest BCUT2D eigenvalue weighted by Gasteiger charge is -2.13. The summed E-state index contributed by atoms with van der Waals surface area (Å²) in [6, 6.07) is 10.4. The van der Waals surface area contributed by atoms with E-state index in [0.29, 0.717) is 24.3 Å². The van der Waals surface area contributed by atoms with E-state index in [9.17, 15) is 9.18 Å². The molecule has 1 amide bonds. The first-order valence-corrected chi connectivity index (χ1v) is 8.55. The maximum atomic E-state index is 14.1. The first-order chi connectivity index (χ1) is 12.5. The number of nitrogens with zero attached hydrogens (tertiary/aromatic N) is 2. The third kappa shape index (κ3) is 3.52. The predicted molar refractivity (Wildman–Crippen MR) is 99.6 cm³/mol. The largest absolute Gasteiger partial charge is 0.347 e. The summed E-state index contributed by atoms with van der Waals surface area (Å²) in [6.07, 6.45) is 3.39. The number of nitrogens with one attached hydrogen (secondary N) is 1. The van der Waals surface area contributed by atoms with Crippen LogP contribution in [0.1, 0.15) is 38.4 Å². The van der Waals surface area contributed by atoms with Crippen LogP contribution in [0.2, 0.25) is 0 Å². The van der Waals surface area contributed by atoms with Gasteiger partial charge in [-0.3, -0.25) is 9.78 Å². The Morgan fingerprint density at radius 1 is 1.08 bits per heavy atom. The lowest BCUT2D eigenvalue weighted by Crippen LogP contribution is -2.27. The maximum absolute atomic E-state index is 14.1. The molecule has 134 valence electrons. The minimum Gasteiger partial charge on any atom is -0.347 e. The van der Waals surface area contributed by atoms with Gasteiger partial charge in [-0.25, -0.2) is 4.39 Å². The van der Waals surface area contributed by atoms with Gasteiger partial charge in [0.25, 0.3) is 5.91 Å². The second kappa shape index (κ2) is 7.52. The second-order valence-electron chi connectivity index (χ2n) is 6.40. The molecule has 0 radical (unpaired) electrons. The first kappa shape index (κ1) is 17.9. The minimum atomic E-state index is -0.265. The summed E-state index contributed by atoms with van der Waals surface area (Å²) in [7, 11) is 0. The van der Waals surface area contributed by atoms with Gasteiger partial charge in [-0.05, 0) is 55.7 Å². The highest BCUT2D eigenvalue weighted by Gasteiger charge is 2.21. The van der Waals surface area contributed by atoms with Gasteiger partial charge in [0.1, 0.15) is 11.5 Å². The van der Waals surface area contributed by atoms with Gasteiger partial charge in [0.2, 0.25) is 0 Å². The molecule has 2 heterocycles.